The lowest BCUT2D eigenvalue weighted by atomic mass is 10.2. The average molecular weight is 452 g/mol. The topological polar surface area (TPSA) is 64.0 Å². The van der Waals surface area contributed by atoms with E-state index in [9.17, 15) is 4.79 Å². The van der Waals surface area contributed by atoms with E-state index in [1.54, 1.807) is 24.5 Å². The van der Waals surface area contributed by atoms with Gasteiger partial charge in [0.25, 0.3) is 0 Å². The molecule has 2 heterocycles. The molecule has 1 atom stereocenters. The highest BCUT2D eigenvalue weighted by Gasteiger charge is 2.34. The molecule has 1 unspecified atom stereocenters. The standard InChI is InChI=1S/C22H18BrN3O3/c1-15(27)26-22(17-10-12-24-13-11-17)29-21(25-26)19-4-2-3-5-20(19)28-14-16-6-8-18(23)9-7-16/h2-13,22H,14H2,1H3. The first-order valence-electron chi connectivity index (χ1n) is 9.03. The summed E-state index contributed by atoms with van der Waals surface area (Å²) < 4.78 is 13.1. The van der Waals surface area contributed by atoms with Gasteiger partial charge in [-0.2, -0.15) is 5.01 Å². The fraction of sp³-hybridized carbons (Fsp3) is 0.136. The van der Waals surface area contributed by atoms with E-state index < -0.39 is 6.23 Å². The van der Waals surface area contributed by atoms with Gasteiger partial charge in [0.15, 0.2) is 0 Å². The van der Waals surface area contributed by atoms with Crippen molar-refractivity contribution in [2.24, 2.45) is 5.10 Å². The minimum Gasteiger partial charge on any atom is -0.488 e. The lowest BCUT2D eigenvalue weighted by Crippen LogP contribution is -2.25. The molecule has 0 bridgehead atoms. The average Bonchev–Trinajstić information content (AvgIpc) is 3.20. The van der Waals surface area contributed by atoms with Crippen LogP contribution in [0.3, 0.4) is 0 Å². The van der Waals surface area contributed by atoms with Crippen molar-refractivity contribution >= 4 is 27.7 Å². The quantitative estimate of drug-likeness (QED) is 0.565. The monoisotopic (exact) mass is 451 g/mol. The van der Waals surface area contributed by atoms with E-state index >= 15 is 0 Å². The molecule has 0 fully saturated rings. The third kappa shape index (κ3) is 4.30. The van der Waals surface area contributed by atoms with Crippen LogP contribution in [0, 0.1) is 0 Å². The van der Waals surface area contributed by atoms with Crippen molar-refractivity contribution in [2.45, 2.75) is 19.8 Å². The Morgan fingerprint density at radius 2 is 1.83 bits per heavy atom. The Morgan fingerprint density at radius 3 is 2.55 bits per heavy atom. The molecule has 0 spiro atoms. The first-order valence-corrected chi connectivity index (χ1v) is 9.83. The lowest BCUT2D eigenvalue weighted by molar-refractivity contribution is -0.135. The van der Waals surface area contributed by atoms with Crippen LogP contribution in [0.15, 0.2) is 82.6 Å². The second kappa shape index (κ2) is 8.45. The number of ether oxygens (including phenoxy) is 2. The molecule has 2 aromatic carbocycles. The summed E-state index contributed by atoms with van der Waals surface area (Å²) >= 11 is 3.43. The molecule has 3 aromatic rings. The smallest absolute Gasteiger partial charge is 0.244 e. The molecular weight excluding hydrogens is 434 g/mol. The van der Waals surface area contributed by atoms with E-state index in [0.29, 0.717) is 23.8 Å². The van der Waals surface area contributed by atoms with Gasteiger partial charge < -0.3 is 9.47 Å². The minimum absolute atomic E-state index is 0.213. The summed E-state index contributed by atoms with van der Waals surface area (Å²) in [4.78, 5) is 16.1. The van der Waals surface area contributed by atoms with E-state index in [2.05, 4.69) is 26.0 Å². The fourth-order valence-corrected chi connectivity index (χ4v) is 3.19. The van der Waals surface area contributed by atoms with E-state index in [4.69, 9.17) is 9.47 Å². The molecule has 1 aliphatic heterocycles. The number of nitrogens with zero attached hydrogens (tertiary/aromatic N) is 3. The molecule has 0 saturated carbocycles. The molecule has 4 rings (SSSR count). The third-order valence-corrected chi connectivity index (χ3v) is 4.91. The van der Waals surface area contributed by atoms with Crippen molar-refractivity contribution in [3.05, 3.63) is 94.2 Å². The number of hydrazone groups is 1. The molecule has 1 aliphatic rings. The van der Waals surface area contributed by atoms with E-state index in [0.717, 1.165) is 15.6 Å². The number of hydrogen-bond donors (Lipinski definition) is 0. The maximum atomic E-state index is 12.1. The van der Waals surface area contributed by atoms with Crippen LogP contribution < -0.4 is 4.74 Å². The van der Waals surface area contributed by atoms with Crippen molar-refractivity contribution in [3.63, 3.8) is 0 Å². The van der Waals surface area contributed by atoms with E-state index in [1.165, 1.54) is 11.9 Å². The van der Waals surface area contributed by atoms with Gasteiger partial charge in [0.2, 0.25) is 18.0 Å². The zero-order valence-corrected chi connectivity index (χ0v) is 17.2. The molecule has 7 heteroatoms. The normalized spacial score (nSPS) is 15.6. The first kappa shape index (κ1) is 19.1. The summed E-state index contributed by atoms with van der Waals surface area (Å²) in [6.07, 6.45) is 2.68. The van der Waals surface area contributed by atoms with Crippen LogP contribution in [-0.2, 0) is 16.1 Å². The van der Waals surface area contributed by atoms with Crippen molar-refractivity contribution in [1.29, 1.82) is 0 Å². The van der Waals surface area contributed by atoms with E-state index in [-0.39, 0.29) is 5.91 Å². The number of benzene rings is 2. The first-order chi connectivity index (χ1) is 14.1. The molecule has 1 aromatic heterocycles. The zero-order chi connectivity index (χ0) is 20.2. The largest absolute Gasteiger partial charge is 0.488 e. The van der Waals surface area contributed by atoms with Gasteiger partial charge >= 0.3 is 0 Å². The number of carbonyl (C=O) groups is 1. The molecule has 0 N–H and O–H groups in total. The van der Waals surface area contributed by atoms with Crippen molar-refractivity contribution in [1.82, 2.24) is 9.99 Å². The Bertz CT molecular complexity index is 1040. The third-order valence-electron chi connectivity index (χ3n) is 4.38. The SMILES string of the molecule is CC(=O)N1N=C(c2ccccc2OCc2ccc(Br)cc2)OC1c1ccncc1. The number of para-hydroxylation sites is 1. The van der Waals surface area contributed by atoms with Gasteiger partial charge in [0, 0.05) is 29.4 Å². The highest BCUT2D eigenvalue weighted by atomic mass is 79.9. The Morgan fingerprint density at radius 1 is 1.10 bits per heavy atom. The highest BCUT2D eigenvalue weighted by Crippen LogP contribution is 2.32. The van der Waals surface area contributed by atoms with Gasteiger partial charge in [-0.25, -0.2) is 0 Å². The molecule has 146 valence electrons. The van der Waals surface area contributed by atoms with Crippen LogP contribution in [0.1, 0.15) is 29.8 Å². The Balaban J connectivity index is 1.59. The molecule has 0 saturated heterocycles. The summed E-state index contributed by atoms with van der Waals surface area (Å²) in [5.74, 6) is 0.761. The number of hydrogen-bond acceptors (Lipinski definition) is 5. The maximum absolute atomic E-state index is 12.1. The van der Waals surface area contributed by atoms with Crippen LogP contribution in [0.2, 0.25) is 0 Å². The molecule has 6 nitrogen and oxygen atoms in total. The van der Waals surface area contributed by atoms with Crippen LogP contribution >= 0.6 is 15.9 Å². The van der Waals surface area contributed by atoms with E-state index in [1.807, 2.05) is 48.5 Å². The van der Waals surface area contributed by atoms with Gasteiger partial charge in [-0.05, 0) is 42.0 Å². The van der Waals surface area contributed by atoms with Crippen LogP contribution in [0.5, 0.6) is 5.75 Å². The molecular formula is C22H18BrN3O3. The van der Waals surface area contributed by atoms with Gasteiger partial charge in [0.1, 0.15) is 12.4 Å². The predicted molar refractivity (Wildman–Crippen MR) is 112 cm³/mol. The lowest BCUT2D eigenvalue weighted by Gasteiger charge is -2.19. The second-order valence-corrected chi connectivity index (χ2v) is 7.35. The molecule has 29 heavy (non-hydrogen) atoms. The second-order valence-electron chi connectivity index (χ2n) is 6.43. The summed E-state index contributed by atoms with van der Waals surface area (Å²) in [5.41, 5.74) is 2.52. The Kier molecular flexibility index (Phi) is 5.57. The number of pyridine rings is 1. The number of rotatable bonds is 5. The molecule has 0 aliphatic carbocycles. The van der Waals surface area contributed by atoms with Crippen molar-refractivity contribution in [3.8, 4) is 5.75 Å². The van der Waals surface area contributed by atoms with Crippen LogP contribution in [0.4, 0.5) is 0 Å². The van der Waals surface area contributed by atoms with Gasteiger partial charge in [-0.3, -0.25) is 9.78 Å². The Hall–Kier alpha value is -3.19. The van der Waals surface area contributed by atoms with Crippen molar-refractivity contribution < 1.29 is 14.3 Å². The number of halogens is 1. The van der Waals surface area contributed by atoms with Crippen LogP contribution in [0.25, 0.3) is 0 Å². The number of amides is 1. The molecule has 0 radical (unpaired) electrons. The fourth-order valence-electron chi connectivity index (χ4n) is 2.93. The zero-order valence-electron chi connectivity index (χ0n) is 15.7. The summed E-state index contributed by atoms with van der Waals surface area (Å²) in [5, 5.41) is 5.74. The number of aromatic nitrogens is 1. The minimum atomic E-state index is -0.634. The van der Waals surface area contributed by atoms with Crippen LogP contribution in [-0.4, -0.2) is 21.8 Å². The summed E-state index contributed by atoms with van der Waals surface area (Å²) in [7, 11) is 0. The van der Waals surface area contributed by atoms with Crippen molar-refractivity contribution in [2.75, 3.05) is 0 Å². The summed E-state index contributed by atoms with van der Waals surface area (Å²) in [6.45, 7) is 1.86. The van der Waals surface area contributed by atoms with Gasteiger partial charge in [0.05, 0.1) is 5.56 Å². The number of carbonyl (C=O) groups excluding carboxylic acids is 1. The predicted octanol–water partition coefficient (Wildman–Crippen LogP) is 4.66. The maximum Gasteiger partial charge on any atom is 0.244 e. The Labute approximate surface area is 176 Å². The summed E-state index contributed by atoms with van der Waals surface area (Å²) in [6, 6.07) is 19.0. The molecule has 1 amide bonds. The van der Waals surface area contributed by atoms with Gasteiger partial charge in [-0.1, -0.05) is 40.2 Å². The highest BCUT2D eigenvalue weighted by molar-refractivity contribution is 9.10. The van der Waals surface area contributed by atoms with Gasteiger partial charge in [-0.15, -0.1) is 5.10 Å².